The van der Waals surface area contributed by atoms with Crippen molar-refractivity contribution in [3.8, 4) is 5.75 Å². The number of benzene rings is 1. The van der Waals surface area contributed by atoms with E-state index >= 15 is 0 Å². The molecule has 0 aliphatic rings. The number of carbonyl (C=O) groups is 1. The summed E-state index contributed by atoms with van der Waals surface area (Å²) in [5.41, 5.74) is 6.66. The zero-order valence-corrected chi connectivity index (χ0v) is 11.9. The number of anilines is 1. The molecule has 0 radical (unpaired) electrons. The van der Waals surface area contributed by atoms with Crippen molar-refractivity contribution < 1.29 is 19.4 Å². The molecular formula is C15H23NO4. The normalized spacial score (nSPS) is 10.3. The number of unbranched alkanes of at least 4 members (excludes halogenated alkanes) is 3. The SMILES string of the molecule is CCOC(=O)c1ccc(N)cc1OCCCCCCO. The second-order valence-electron chi connectivity index (χ2n) is 4.46. The number of aliphatic hydroxyl groups excluding tert-OH is 1. The minimum Gasteiger partial charge on any atom is -0.493 e. The topological polar surface area (TPSA) is 81.8 Å². The molecule has 5 nitrogen and oxygen atoms in total. The van der Waals surface area contributed by atoms with Crippen LogP contribution in [0.4, 0.5) is 5.69 Å². The number of ether oxygens (including phenoxy) is 2. The Kier molecular flexibility index (Phi) is 7.50. The standard InChI is InChI=1S/C15H23NO4/c1-2-19-15(18)13-8-7-12(16)11-14(13)20-10-6-4-3-5-9-17/h7-8,11,17H,2-6,9-10,16H2,1H3. The number of hydrogen-bond acceptors (Lipinski definition) is 5. The molecule has 0 fully saturated rings. The van der Waals surface area contributed by atoms with Gasteiger partial charge in [0.25, 0.3) is 0 Å². The van der Waals surface area contributed by atoms with Crippen LogP contribution < -0.4 is 10.5 Å². The molecule has 0 unspecified atom stereocenters. The number of esters is 1. The van der Waals surface area contributed by atoms with Gasteiger partial charge in [0, 0.05) is 18.4 Å². The van der Waals surface area contributed by atoms with E-state index in [1.54, 1.807) is 25.1 Å². The second-order valence-corrected chi connectivity index (χ2v) is 4.46. The molecule has 1 aromatic rings. The summed E-state index contributed by atoms with van der Waals surface area (Å²) in [7, 11) is 0. The van der Waals surface area contributed by atoms with Crippen LogP contribution >= 0.6 is 0 Å². The third-order valence-electron chi connectivity index (χ3n) is 2.81. The summed E-state index contributed by atoms with van der Waals surface area (Å²) < 4.78 is 10.6. The van der Waals surface area contributed by atoms with E-state index in [1.807, 2.05) is 0 Å². The van der Waals surface area contributed by atoms with Gasteiger partial charge in [0.2, 0.25) is 0 Å². The van der Waals surface area contributed by atoms with Gasteiger partial charge in [-0.2, -0.15) is 0 Å². The molecular weight excluding hydrogens is 258 g/mol. The Morgan fingerprint density at radius 1 is 1.25 bits per heavy atom. The smallest absolute Gasteiger partial charge is 0.341 e. The lowest BCUT2D eigenvalue weighted by atomic mass is 10.2. The molecule has 1 rings (SSSR count). The van der Waals surface area contributed by atoms with Crippen LogP contribution in [-0.4, -0.2) is 30.9 Å². The van der Waals surface area contributed by atoms with Crippen molar-refractivity contribution in [3.63, 3.8) is 0 Å². The van der Waals surface area contributed by atoms with Crippen LogP contribution in [0.2, 0.25) is 0 Å². The number of nitrogen functional groups attached to an aromatic ring is 1. The molecule has 0 amide bonds. The molecule has 0 aliphatic heterocycles. The first-order chi connectivity index (χ1) is 9.69. The monoisotopic (exact) mass is 281 g/mol. The first-order valence-electron chi connectivity index (χ1n) is 6.99. The number of hydrogen-bond donors (Lipinski definition) is 2. The molecule has 20 heavy (non-hydrogen) atoms. The summed E-state index contributed by atoms with van der Waals surface area (Å²) in [6, 6.07) is 4.91. The maximum absolute atomic E-state index is 11.8. The molecule has 0 heterocycles. The summed E-state index contributed by atoms with van der Waals surface area (Å²) >= 11 is 0. The van der Waals surface area contributed by atoms with Gasteiger partial charge in [0.05, 0.1) is 13.2 Å². The number of nitrogens with two attached hydrogens (primary N) is 1. The van der Waals surface area contributed by atoms with Gasteiger partial charge in [-0.05, 0) is 38.3 Å². The molecule has 0 aliphatic carbocycles. The highest BCUT2D eigenvalue weighted by molar-refractivity contribution is 5.93. The van der Waals surface area contributed by atoms with Gasteiger partial charge in [-0.3, -0.25) is 0 Å². The Morgan fingerprint density at radius 3 is 2.70 bits per heavy atom. The predicted molar refractivity (Wildman–Crippen MR) is 77.9 cm³/mol. The molecule has 1 aromatic carbocycles. The highest BCUT2D eigenvalue weighted by atomic mass is 16.5. The van der Waals surface area contributed by atoms with E-state index in [1.165, 1.54) is 0 Å². The molecule has 0 spiro atoms. The third kappa shape index (κ3) is 5.48. The fraction of sp³-hybridized carbons (Fsp3) is 0.533. The lowest BCUT2D eigenvalue weighted by molar-refractivity contribution is 0.0521. The predicted octanol–water partition coefficient (Wildman–Crippen LogP) is 2.38. The minimum atomic E-state index is -0.400. The van der Waals surface area contributed by atoms with Gasteiger partial charge < -0.3 is 20.3 Å². The van der Waals surface area contributed by atoms with Crippen LogP contribution in [0.25, 0.3) is 0 Å². The van der Waals surface area contributed by atoms with Crippen molar-refractivity contribution in [2.45, 2.75) is 32.6 Å². The lowest BCUT2D eigenvalue weighted by Gasteiger charge is -2.11. The Morgan fingerprint density at radius 2 is 2.00 bits per heavy atom. The largest absolute Gasteiger partial charge is 0.493 e. The van der Waals surface area contributed by atoms with Crippen LogP contribution in [0, 0.1) is 0 Å². The van der Waals surface area contributed by atoms with Gasteiger partial charge in [0.15, 0.2) is 0 Å². The van der Waals surface area contributed by atoms with E-state index in [9.17, 15) is 4.79 Å². The van der Waals surface area contributed by atoms with E-state index in [-0.39, 0.29) is 6.61 Å². The maximum atomic E-state index is 11.8. The van der Waals surface area contributed by atoms with Gasteiger partial charge in [-0.15, -0.1) is 0 Å². The molecule has 0 bridgehead atoms. The zero-order valence-electron chi connectivity index (χ0n) is 11.9. The Hall–Kier alpha value is -1.75. The average molecular weight is 281 g/mol. The molecule has 3 N–H and O–H groups in total. The van der Waals surface area contributed by atoms with Crippen LogP contribution in [-0.2, 0) is 4.74 Å². The highest BCUT2D eigenvalue weighted by Gasteiger charge is 2.13. The van der Waals surface area contributed by atoms with Gasteiger partial charge in [-0.1, -0.05) is 6.42 Å². The Labute approximate surface area is 119 Å². The van der Waals surface area contributed by atoms with Gasteiger partial charge in [-0.25, -0.2) is 4.79 Å². The van der Waals surface area contributed by atoms with E-state index in [0.717, 1.165) is 25.7 Å². The fourth-order valence-electron chi connectivity index (χ4n) is 1.79. The van der Waals surface area contributed by atoms with Crippen LogP contribution in [0.1, 0.15) is 43.0 Å². The first kappa shape index (κ1) is 16.3. The van der Waals surface area contributed by atoms with Crippen molar-refractivity contribution in [1.29, 1.82) is 0 Å². The lowest BCUT2D eigenvalue weighted by Crippen LogP contribution is -2.09. The van der Waals surface area contributed by atoms with Crippen molar-refractivity contribution in [1.82, 2.24) is 0 Å². The van der Waals surface area contributed by atoms with Crippen LogP contribution in [0.5, 0.6) is 5.75 Å². The average Bonchev–Trinajstić information content (AvgIpc) is 2.43. The fourth-order valence-corrected chi connectivity index (χ4v) is 1.79. The van der Waals surface area contributed by atoms with E-state index in [4.69, 9.17) is 20.3 Å². The molecule has 0 aromatic heterocycles. The van der Waals surface area contributed by atoms with Gasteiger partial charge in [0.1, 0.15) is 11.3 Å². The van der Waals surface area contributed by atoms with Crippen molar-refractivity contribution in [2.24, 2.45) is 0 Å². The van der Waals surface area contributed by atoms with E-state index < -0.39 is 5.97 Å². The number of rotatable bonds is 9. The molecule has 112 valence electrons. The Bertz CT molecular complexity index is 420. The summed E-state index contributed by atoms with van der Waals surface area (Å²) in [4.78, 5) is 11.8. The second kappa shape index (κ2) is 9.20. The summed E-state index contributed by atoms with van der Waals surface area (Å²) in [6.45, 7) is 2.82. The number of carbonyl (C=O) groups excluding carboxylic acids is 1. The minimum absolute atomic E-state index is 0.225. The van der Waals surface area contributed by atoms with E-state index in [0.29, 0.717) is 30.2 Å². The molecule has 0 atom stereocenters. The highest BCUT2D eigenvalue weighted by Crippen LogP contribution is 2.23. The molecule has 0 saturated carbocycles. The van der Waals surface area contributed by atoms with Crippen molar-refractivity contribution in [2.75, 3.05) is 25.6 Å². The van der Waals surface area contributed by atoms with Crippen LogP contribution in [0.15, 0.2) is 18.2 Å². The number of aliphatic hydroxyl groups is 1. The molecule has 5 heteroatoms. The van der Waals surface area contributed by atoms with Crippen molar-refractivity contribution in [3.05, 3.63) is 23.8 Å². The molecule has 0 saturated heterocycles. The maximum Gasteiger partial charge on any atom is 0.341 e. The Balaban J connectivity index is 2.54. The zero-order chi connectivity index (χ0) is 14.8. The summed E-state index contributed by atoms with van der Waals surface area (Å²) in [5, 5.41) is 8.68. The summed E-state index contributed by atoms with van der Waals surface area (Å²) in [5.74, 6) is 0.0633. The first-order valence-corrected chi connectivity index (χ1v) is 6.99. The summed E-state index contributed by atoms with van der Waals surface area (Å²) in [6.07, 6.45) is 3.64. The van der Waals surface area contributed by atoms with Crippen molar-refractivity contribution >= 4 is 11.7 Å². The van der Waals surface area contributed by atoms with E-state index in [2.05, 4.69) is 0 Å². The quantitative estimate of drug-likeness (QED) is 0.412. The third-order valence-corrected chi connectivity index (χ3v) is 2.81. The van der Waals surface area contributed by atoms with Crippen LogP contribution in [0.3, 0.4) is 0 Å². The van der Waals surface area contributed by atoms with Gasteiger partial charge >= 0.3 is 5.97 Å².